The molecule has 0 radical (unpaired) electrons. The molecule has 2 aliphatic heterocycles. The smallest absolute Gasteiger partial charge is 0.321 e. The first-order valence-electron chi connectivity index (χ1n) is 8.26. The number of nitrogens with zero attached hydrogens (tertiary/aromatic N) is 4. The summed E-state index contributed by atoms with van der Waals surface area (Å²) in [7, 11) is 1.76. The summed E-state index contributed by atoms with van der Waals surface area (Å²) in [4.78, 5) is 32.3. The number of amides is 3. The number of hydrogen-bond donors (Lipinski definition) is 1. The van der Waals surface area contributed by atoms with E-state index < -0.39 is 0 Å². The Morgan fingerprint density at radius 2 is 2.24 bits per heavy atom. The minimum Gasteiger partial charge on any atom is -0.340 e. The molecule has 8 nitrogen and oxygen atoms in total. The van der Waals surface area contributed by atoms with Crippen molar-refractivity contribution in [3.05, 3.63) is 41.0 Å². The number of benzene rings is 1. The molecule has 0 aliphatic carbocycles. The van der Waals surface area contributed by atoms with Crippen LogP contribution < -0.4 is 5.32 Å². The summed E-state index contributed by atoms with van der Waals surface area (Å²) < 4.78 is 5.02. The predicted molar refractivity (Wildman–Crippen MR) is 89.2 cm³/mol. The summed E-state index contributed by atoms with van der Waals surface area (Å²) in [5.41, 5.74) is 2.22. The van der Waals surface area contributed by atoms with E-state index in [1.54, 1.807) is 35.9 Å². The van der Waals surface area contributed by atoms with E-state index in [0.717, 1.165) is 12.0 Å². The molecular formula is C17H19N5O3. The van der Waals surface area contributed by atoms with Crippen molar-refractivity contribution in [1.82, 2.24) is 19.9 Å². The number of aryl methyl sites for hydroxylation is 1. The minimum atomic E-state index is -0.168. The third kappa shape index (κ3) is 2.73. The van der Waals surface area contributed by atoms with Gasteiger partial charge in [0, 0.05) is 56.3 Å². The van der Waals surface area contributed by atoms with E-state index in [9.17, 15) is 9.59 Å². The average Bonchev–Trinajstić information content (AvgIpc) is 3.29. The summed E-state index contributed by atoms with van der Waals surface area (Å²) in [6, 6.07) is 5.25. The van der Waals surface area contributed by atoms with Crippen LogP contribution in [-0.4, -0.2) is 52.0 Å². The highest BCUT2D eigenvalue weighted by Gasteiger charge is 2.32. The van der Waals surface area contributed by atoms with Gasteiger partial charge in [0.25, 0.3) is 5.91 Å². The van der Waals surface area contributed by atoms with Gasteiger partial charge in [-0.3, -0.25) is 4.79 Å². The monoisotopic (exact) mass is 341 g/mol. The lowest BCUT2D eigenvalue weighted by Gasteiger charge is -2.18. The van der Waals surface area contributed by atoms with E-state index in [1.165, 1.54) is 0 Å². The van der Waals surface area contributed by atoms with E-state index in [0.29, 0.717) is 42.6 Å². The molecule has 1 unspecified atom stereocenters. The Bertz CT molecular complexity index is 847. The first kappa shape index (κ1) is 15.6. The number of carbonyl (C=O) groups is 2. The Kier molecular flexibility index (Phi) is 3.67. The van der Waals surface area contributed by atoms with E-state index in [1.807, 2.05) is 6.07 Å². The van der Waals surface area contributed by atoms with Crippen LogP contribution in [0.15, 0.2) is 22.7 Å². The van der Waals surface area contributed by atoms with Crippen molar-refractivity contribution in [3.8, 4) is 0 Å². The van der Waals surface area contributed by atoms with E-state index in [-0.39, 0.29) is 17.9 Å². The number of likely N-dealkylation sites (tertiary alicyclic amines) is 1. The van der Waals surface area contributed by atoms with Gasteiger partial charge < -0.3 is 19.6 Å². The molecule has 3 amide bonds. The van der Waals surface area contributed by atoms with Crippen LogP contribution >= 0.6 is 0 Å². The lowest BCUT2D eigenvalue weighted by molar-refractivity contribution is 0.0816. The Morgan fingerprint density at radius 1 is 1.40 bits per heavy atom. The van der Waals surface area contributed by atoms with Crippen molar-refractivity contribution < 1.29 is 14.1 Å². The number of nitrogens with one attached hydrogen (secondary N) is 1. The third-order valence-electron chi connectivity index (χ3n) is 4.77. The summed E-state index contributed by atoms with van der Waals surface area (Å²) in [5, 5.41) is 6.90. The standard InChI is InChI=1S/C17H19N5O3/c1-10-18-15(20-25-10)11-6-7-22(8-11)17(24)19-14-5-3-4-12-13(14)9-21(2)16(12)23/h3-5,11H,6-9H2,1-2H3,(H,19,24). The van der Waals surface area contributed by atoms with Gasteiger partial charge >= 0.3 is 6.03 Å². The second-order valence-corrected chi connectivity index (χ2v) is 6.53. The lowest BCUT2D eigenvalue weighted by Crippen LogP contribution is -2.33. The highest BCUT2D eigenvalue weighted by molar-refractivity contribution is 6.01. The molecule has 4 rings (SSSR count). The fraction of sp³-hybridized carbons (Fsp3) is 0.412. The van der Waals surface area contributed by atoms with Crippen LogP contribution in [0.1, 0.15) is 40.0 Å². The molecule has 1 aromatic carbocycles. The number of carbonyl (C=O) groups excluding carboxylic acids is 2. The van der Waals surface area contributed by atoms with Crippen LogP contribution in [0.2, 0.25) is 0 Å². The number of aromatic nitrogens is 2. The van der Waals surface area contributed by atoms with Crippen molar-refractivity contribution in [1.29, 1.82) is 0 Å². The molecule has 1 saturated heterocycles. The van der Waals surface area contributed by atoms with Gasteiger partial charge in [-0.05, 0) is 18.6 Å². The van der Waals surface area contributed by atoms with Crippen LogP contribution in [-0.2, 0) is 6.54 Å². The number of fused-ring (bicyclic) bond motifs is 1. The van der Waals surface area contributed by atoms with Crippen LogP contribution in [0.25, 0.3) is 0 Å². The zero-order valence-electron chi connectivity index (χ0n) is 14.2. The van der Waals surface area contributed by atoms with Crippen molar-refractivity contribution in [2.75, 3.05) is 25.5 Å². The number of anilines is 1. The largest absolute Gasteiger partial charge is 0.340 e. The second kappa shape index (κ2) is 5.87. The molecule has 3 heterocycles. The number of rotatable bonds is 2. The molecule has 2 aliphatic rings. The van der Waals surface area contributed by atoms with Crippen LogP contribution in [0.4, 0.5) is 10.5 Å². The molecule has 1 aromatic heterocycles. The Balaban J connectivity index is 1.46. The summed E-state index contributed by atoms with van der Waals surface area (Å²) in [5.74, 6) is 1.27. The first-order chi connectivity index (χ1) is 12.0. The third-order valence-corrected chi connectivity index (χ3v) is 4.77. The molecule has 0 spiro atoms. The van der Waals surface area contributed by atoms with Gasteiger partial charge in [0.1, 0.15) is 0 Å². The van der Waals surface area contributed by atoms with E-state index >= 15 is 0 Å². The Morgan fingerprint density at radius 3 is 3.00 bits per heavy atom. The predicted octanol–water partition coefficient (Wildman–Crippen LogP) is 1.99. The second-order valence-electron chi connectivity index (χ2n) is 6.53. The lowest BCUT2D eigenvalue weighted by atomic mass is 10.1. The normalized spacial score (nSPS) is 19.4. The topological polar surface area (TPSA) is 91.6 Å². The van der Waals surface area contributed by atoms with E-state index in [4.69, 9.17) is 4.52 Å². The van der Waals surface area contributed by atoms with Crippen molar-refractivity contribution >= 4 is 17.6 Å². The molecular weight excluding hydrogens is 322 g/mol. The summed E-state index contributed by atoms with van der Waals surface area (Å²) in [6.07, 6.45) is 0.806. The molecule has 2 aromatic rings. The van der Waals surface area contributed by atoms with Gasteiger partial charge in [-0.1, -0.05) is 11.2 Å². The number of hydrogen-bond acceptors (Lipinski definition) is 5. The highest BCUT2D eigenvalue weighted by Crippen LogP contribution is 2.30. The van der Waals surface area contributed by atoms with Crippen LogP contribution in [0, 0.1) is 6.92 Å². The van der Waals surface area contributed by atoms with Crippen LogP contribution in [0.3, 0.4) is 0 Å². The zero-order valence-corrected chi connectivity index (χ0v) is 14.2. The Hall–Kier alpha value is -2.90. The molecule has 1 atom stereocenters. The van der Waals surface area contributed by atoms with Crippen molar-refractivity contribution in [2.24, 2.45) is 0 Å². The number of urea groups is 1. The zero-order chi connectivity index (χ0) is 17.6. The van der Waals surface area contributed by atoms with E-state index in [2.05, 4.69) is 15.5 Å². The summed E-state index contributed by atoms with van der Waals surface area (Å²) >= 11 is 0. The molecule has 130 valence electrons. The van der Waals surface area contributed by atoms with Crippen molar-refractivity contribution in [2.45, 2.75) is 25.8 Å². The highest BCUT2D eigenvalue weighted by atomic mass is 16.5. The van der Waals surface area contributed by atoms with Gasteiger partial charge in [-0.15, -0.1) is 0 Å². The molecule has 1 fully saturated rings. The summed E-state index contributed by atoms with van der Waals surface area (Å²) in [6.45, 7) is 3.45. The van der Waals surface area contributed by atoms with Gasteiger partial charge in [0.05, 0.1) is 0 Å². The average molecular weight is 341 g/mol. The minimum absolute atomic E-state index is 0.0141. The fourth-order valence-electron chi connectivity index (χ4n) is 3.42. The van der Waals surface area contributed by atoms with Gasteiger partial charge in [0.2, 0.25) is 5.89 Å². The SMILES string of the molecule is Cc1nc(C2CCN(C(=O)Nc3cccc4c3CN(C)C4=O)C2)no1. The van der Waals surface area contributed by atoms with Gasteiger partial charge in [-0.25, -0.2) is 4.79 Å². The maximum absolute atomic E-state index is 12.6. The quantitative estimate of drug-likeness (QED) is 0.902. The van der Waals surface area contributed by atoms with Crippen LogP contribution in [0.5, 0.6) is 0 Å². The first-order valence-corrected chi connectivity index (χ1v) is 8.26. The molecule has 25 heavy (non-hydrogen) atoms. The fourth-order valence-corrected chi connectivity index (χ4v) is 3.42. The van der Waals surface area contributed by atoms with Crippen molar-refractivity contribution in [3.63, 3.8) is 0 Å². The van der Waals surface area contributed by atoms with Gasteiger partial charge in [0.15, 0.2) is 5.82 Å². The molecule has 0 saturated carbocycles. The maximum atomic E-state index is 12.6. The molecule has 8 heteroatoms. The molecule has 0 bridgehead atoms. The van der Waals surface area contributed by atoms with Gasteiger partial charge in [-0.2, -0.15) is 4.98 Å². The maximum Gasteiger partial charge on any atom is 0.321 e. The molecule has 1 N–H and O–H groups in total. The Labute approximate surface area is 144 Å².